The zero-order valence-corrected chi connectivity index (χ0v) is 15.3. The summed E-state index contributed by atoms with van der Waals surface area (Å²) in [7, 11) is -1.97. The van der Waals surface area contributed by atoms with Gasteiger partial charge in [-0.25, -0.2) is 8.42 Å². The first-order valence-electron chi connectivity index (χ1n) is 8.20. The molecule has 1 heterocycles. The van der Waals surface area contributed by atoms with E-state index in [1.54, 1.807) is 31.4 Å². The molecule has 134 valence electrons. The smallest absolute Gasteiger partial charge is 0.243 e. The van der Waals surface area contributed by atoms with Gasteiger partial charge in [-0.1, -0.05) is 17.7 Å². The van der Waals surface area contributed by atoms with Crippen LogP contribution in [0.5, 0.6) is 0 Å². The van der Waals surface area contributed by atoms with Crippen molar-refractivity contribution in [3.8, 4) is 0 Å². The molecular weight excluding hydrogens is 328 g/mol. The number of nitrogens with one attached hydrogen (secondary N) is 1. The second-order valence-corrected chi connectivity index (χ2v) is 8.32. The summed E-state index contributed by atoms with van der Waals surface area (Å²) in [5.41, 5.74) is 1.01. The number of piperidine rings is 1. The summed E-state index contributed by atoms with van der Waals surface area (Å²) >= 11 is 0. The number of carbonyl (C=O) groups excluding carboxylic acids is 1. The summed E-state index contributed by atoms with van der Waals surface area (Å²) < 4.78 is 32.0. The fraction of sp³-hybridized carbons (Fsp3) is 0.588. The SMILES string of the molecule is COCC(C)NC(=O)C1CCCN(S(=O)(=O)c2ccc(C)cc2)C1. The third kappa shape index (κ3) is 4.55. The van der Waals surface area contributed by atoms with E-state index in [-0.39, 0.29) is 29.3 Å². The summed E-state index contributed by atoms with van der Waals surface area (Å²) in [5, 5.41) is 2.88. The Morgan fingerprint density at radius 1 is 1.38 bits per heavy atom. The van der Waals surface area contributed by atoms with Crippen molar-refractivity contribution < 1.29 is 17.9 Å². The van der Waals surface area contributed by atoms with Crippen LogP contribution in [-0.2, 0) is 19.6 Å². The van der Waals surface area contributed by atoms with Gasteiger partial charge in [0.2, 0.25) is 15.9 Å². The molecule has 2 atom stereocenters. The monoisotopic (exact) mass is 354 g/mol. The molecule has 1 aliphatic heterocycles. The highest BCUT2D eigenvalue weighted by atomic mass is 32.2. The highest BCUT2D eigenvalue weighted by Gasteiger charge is 2.33. The fourth-order valence-electron chi connectivity index (χ4n) is 2.89. The van der Waals surface area contributed by atoms with Crippen LogP contribution in [0.1, 0.15) is 25.3 Å². The van der Waals surface area contributed by atoms with Gasteiger partial charge in [0, 0.05) is 26.2 Å². The van der Waals surface area contributed by atoms with Gasteiger partial charge in [0.25, 0.3) is 0 Å². The van der Waals surface area contributed by atoms with Gasteiger partial charge < -0.3 is 10.1 Å². The van der Waals surface area contributed by atoms with E-state index >= 15 is 0 Å². The fourth-order valence-corrected chi connectivity index (χ4v) is 4.41. The van der Waals surface area contributed by atoms with Crippen LogP contribution >= 0.6 is 0 Å². The molecule has 1 fully saturated rings. The Bertz CT molecular complexity index is 658. The molecule has 24 heavy (non-hydrogen) atoms. The highest BCUT2D eigenvalue weighted by Crippen LogP contribution is 2.24. The van der Waals surface area contributed by atoms with Crippen LogP contribution in [0.15, 0.2) is 29.2 Å². The largest absolute Gasteiger partial charge is 0.383 e. The molecule has 1 aliphatic rings. The molecule has 0 aliphatic carbocycles. The minimum atomic E-state index is -3.56. The summed E-state index contributed by atoms with van der Waals surface area (Å²) in [6.07, 6.45) is 1.38. The Labute approximate surface area is 144 Å². The van der Waals surface area contributed by atoms with Gasteiger partial charge in [-0.15, -0.1) is 0 Å². The van der Waals surface area contributed by atoms with Crippen LogP contribution in [0.3, 0.4) is 0 Å². The first-order valence-corrected chi connectivity index (χ1v) is 9.64. The van der Waals surface area contributed by atoms with Crippen molar-refractivity contribution in [3.63, 3.8) is 0 Å². The molecule has 1 N–H and O–H groups in total. The molecule has 1 amide bonds. The van der Waals surface area contributed by atoms with E-state index in [1.807, 2.05) is 13.8 Å². The van der Waals surface area contributed by atoms with E-state index in [0.29, 0.717) is 26.0 Å². The Balaban J connectivity index is 2.07. The number of methoxy groups -OCH3 is 1. The molecule has 2 unspecified atom stereocenters. The van der Waals surface area contributed by atoms with E-state index in [2.05, 4.69) is 5.32 Å². The number of benzene rings is 1. The van der Waals surface area contributed by atoms with E-state index in [4.69, 9.17) is 4.74 Å². The number of rotatable bonds is 6. The third-order valence-corrected chi connectivity index (χ3v) is 6.10. The Hall–Kier alpha value is -1.44. The van der Waals surface area contributed by atoms with Crippen molar-refractivity contribution in [3.05, 3.63) is 29.8 Å². The molecule has 0 radical (unpaired) electrons. The second kappa shape index (κ2) is 8.09. The van der Waals surface area contributed by atoms with E-state index in [0.717, 1.165) is 5.56 Å². The van der Waals surface area contributed by atoms with Gasteiger partial charge in [0.1, 0.15) is 0 Å². The highest BCUT2D eigenvalue weighted by molar-refractivity contribution is 7.89. The third-order valence-electron chi connectivity index (χ3n) is 4.22. The summed E-state index contributed by atoms with van der Waals surface area (Å²) in [5.74, 6) is -0.429. The molecule has 2 rings (SSSR count). The number of amides is 1. The molecule has 0 bridgehead atoms. The number of nitrogens with zero attached hydrogens (tertiary/aromatic N) is 1. The van der Waals surface area contributed by atoms with Gasteiger partial charge in [-0.2, -0.15) is 4.31 Å². The molecule has 0 spiro atoms. The Morgan fingerprint density at radius 2 is 2.04 bits per heavy atom. The lowest BCUT2D eigenvalue weighted by Crippen LogP contribution is -2.47. The predicted octanol–water partition coefficient (Wildman–Crippen LogP) is 1.55. The first kappa shape index (κ1) is 18.9. The van der Waals surface area contributed by atoms with Gasteiger partial charge >= 0.3 is 0 Å². The zero-order chi connectivity index (χ0) is 17.7. The van der Waals surface area contributed by atoms with E-state index in [1.165, 1.54) is 4.31 Å². The minimum absolute atomic E-state index is 0.0911. The van der Waals surface area contributed by atoms with Gasteiger partial charge in [-0.3, -0.25) is 4.79 Å². The molecule has 1 aromatic rings. The zero-order valence-electron chi connectivity index (χ0n) is 14.5. The van der Waals surface area contributed by atoms with Gasteiger partial charge in [0.05, 0.1) is 17.4 Å². The Kier molecular flexibility index (Phi) is 6.37. The van der Waals surface area contributed by atoms with Crippen LogP contribution in [0.25, 0.3) is 0 Å². The maximum absolute atomic E-state index is 12.8. The van der Waals surface area contributed by atoms with Crippen molar-refractivity contribution in [1.82, 2.24) is 9.62 Å². The van der Waals surface area contributed by atoms with Crippen molar-refractivity contribution in [2.24, 2.45) is 5.92 Å². The molecule has 1 aromatic carbocycles. The van der Waals surface area contributed by atoms with Crippen molar-refractivity contribution in [1.29, 1.82) is 0 Å². The van der Waals surface area contributed by atoms with Gasteiger partial charge in [-0.05, 0) is 38.8 Å². The average Bonchev–Trinajstić information content (AvgIpc) is 2.55. The summed E-state index contributed by atoms with van der Waals surface area (Å²) in [4.78, 5) is 12.6. The van der Waals surface area contributed by atoms with E-state index < -0.39 is 10.0 Å². The quantitative estimate of drug-likeness (QED) is 0.841. The number of ether oxygens (including phenoxy) is 1. The lowest BCUT2D eigenvalue weighted by Gasteiger charge is -2.31. The Morgan fingerprint density at radius 3 is 2.67 bits per heavy atom. The van der Waals surface area contributed by atoms with Crippen molar-refractivity contribution in [2.45, 2.75) is 37.6 Å². The molecule has 0 aromatic heterocycles. The lowest BCUT2D eigenvalue weighted by molar-refractivity contribution is -0.127. The average molecular weight is 354 g/mol. The summed E-state index contributed by atoms with van der Waals surface area (Å²) in [6, 6.07) is 6.72. The second-order valence-electron chi connectivity index (χ2n) is 6.38. The molecule has 1 saturated heterocycles. The predicted molar refractivity (Wildman–Crippen MR) is 92.1 cm³/mol. The lowest BCUT2D eigenvalue weighted by atomic mass is 9.98. The van der Waals surface area contributed by atoms with Crippen LogP contribution in [0.2, 0.25) is 0 Å². The minimum Gasteiger partial charge on any atom is -0.383 e. The number of hydrogen-bond donors (Lipinski definition) is 1. The van der Waals surface area contributed by atoms with Crippen LogP contribution < -0.4 is 5.32 Å². The topological polar surface area (TPSA) is 75.7 Å². The maximum Gasteiger partial charge on any atom is 0.243 e. The molecule has 7 heteroatoms. The molecular formula is C17H26N2O4S. The van der Waals surface area contributed by atoms with Crippen LogP contribution in [-0.4, -0.2) is 51.5 Å². The van der Waals surface area contributed by atoms with Gasteiger partial charge in [0.15, 0.2) is 0 Å². The normalized spacial score (nSPS) is 20.5. The summed E-state index contributed by atoms with van der Waals surface area (Å²) in [6.45, 7) is 4.89. The number of carbonyl (C=O) groups is 1. The maximum atomic E-state index is 12.8. The first-order chi connectivity index (χ1) is 11.3. The standard InChI is InChI=1S/C17H26N2O4S/c1-13-6-8-16(9-7-13)24(21,22)19-10-4-5-15(11-19)17(20)18-14(2)12-23-3/h6-9,14-15H,4-5,10-12H2,1-3H3,(H,18,20). The van der Waals surface area contributed by atoms with Crippen LogP contribution in [0.4, 0.5) is 0 Å². The number of sulfonamides is 1. The number of hydrogen-bond acceptors (Lipinski definition) is 4. The molecule has 0 saturated carbocycles. The number of aryl methyl sites for hydroxylation is 1. The van der Waals surface area contributed by atoms with E-state index in [9.17, 15) is 13.2 Å². The van der Waals surface area contributed by atoms with Crippen LogP contribution in [0, 0.1) is 12.8 Å². The molecule has 6 nitrogen and oxygen atoms in total. The van der Waals surface area contributed by atoms with Crippen molar-refractivity contribution >= 4 is 15.9 Å². The van der Waals surface area contributed by atoms with Crippen molar-refractivity contribution in [2.75, 3.05) is 26.8 Å².